The SMILES string of the molecule is COC(=O)[C@H]1CCCN(C(=O)c2ccc(CSC)cc2)C1. The Morgan fingerprint density at radius 1 is 1.33 bits per heavy atom. The third-order valence-corrected chi connectivity index (χ3v) is 4.38. The van der Waals surface area contributed by atoms with E-state index < -0.39 is 0 Å². The standard InChI is InChI=1S/C16H21NO3S/c1-20-16(19)14-4-3-9-17(10-14)15(18)13-7-5-12(6-8-13)11-21-2/h5-8,14H,3-4,9-11H2,1-2H3/t14-/m0/s1. The van der Waals surface area contributed by atoms with Crippen LogP contribution >= 0.6 is 11.8 Å². The molecule has 0 radical (unpaired) electrons. The van der Waals surface area contributed by atoms with E-state index in [9.17, 15) is 9.59 Å². The van der Waals surface area contributed by atoms with Crippen LogP contribution in [-0.4, -0.2) is 43.2 Å². The number of methoxy groups -OCH3 is 1. The Hall–Kier alpha value is -1.49. The molecule has 1 amide bonds. The molecule has 114 valence electrons. The van der Waals surface area contributed by atoms with E-state index in [4.69, 9.17) is 4.74 Å². The number of ether oxygens (including phenoxy) is 1. The number of carbonyl (C=O) groups is 2. The van der Waals surface area contributed by atoms with E-state index in [0.717, 1.165) is 18.6 Å². The fourth-order valence-corrected chi connectivity index (χ4v) is 3.14. The van der Waals surface area contributed by atoms with E-state index in [-0.39, 0.29) is 17.8 Å². The predicted molar refractivity (Wildman–Crippen MR) is 84.3 cm³/mol. The molecule has 5 heteroatoms. The number of hydrogen-bond donors (Lipinski definition) is 0. The summed E-state index contributed by atoms with van der Waals surface area (Å²) in [7, 11) is 1.40. The third-order valence-electron chi connectivity index (χ3n) is 3.76. The topological polar surface area (TPSA) is 46.6 Å². The molecule has 4 nitrogen and oxygen atoms in total. The van der Waals surface area contributed by atoms with Crippen LogP contribution in [0.1, 0.15) is 28.8 Å². The number of piperidine rings is 1. The van der Waals surface area contributed by atoms with E-state index in [1.54, 1.807) is 16.7 Å². The summed E-state index contributed by atoms with van der Waals surface area (Å²) in [6.07, 6.45) is 3.69. The Balaban J connectivity index is 2.03. The summed E-state index contributed by atoms with van der Waals surface area (Å²) in [5.41, 5.74) is 1.90. The van der Waals surface area contributed by atoms with Crippen molar-refractivity contribution in [3.63, 3.8) is 0 Å². The number of esters is 1. The average molecular weight is 307 g/mol. The normalized spacial score (nSPS) is 18.4. The van der Waals surface area contributed by atoms with Gasteiger partial charge >= 0.3 is 5.97 Å². The van der Waals surface area contributed by atoms with Crippen LogP contribution in [0.4, 0.5) is 0 Å². The number of nitrogens with zero attached hydrogens (tertiary/aromatic N) is 1. The van der Waals surface area contributed by atoms with Crippen molar-refractivity contribution >= 4 is 23.6 Å². The van der Waals surface area contributed by atoms with Crippen LogP contribution in [-0.2, 0) is 15.3 Å². The molecule has 1 aromatic carbocycles. The van der Waals surface area contributed by atoms with Gasteiger partial charge in [-0.05, 0) is 36.8 Å². The fourth-order valence-electron chi connectivity index (χ4n) is 2.61. The number of hydrogen-bond acceptors (Lipinski definition) is 4. The minimum Gasteiger partial charge on any atom is -0.469 e. The maximum absolute atomic E-state index is 12.5. The van der Waals surface area contributed by atoms with Crippen molar-refractivity contribution in [2.45, 2.75) is 18.6 Å². The summed E-state index contributed by atoms with van der Waals surface area (Å²) in [5, 5.41) is 0. The summed E-state index contributed by atoms with van der Waals surface area (Å²) in [5.74, 6) is 0.536. The van der Waals surface area contributed by atoms with Crippen LogP contribution < -0.4 is 0 Å². The van der Waals surface area contributed by atoms with E-state index in [2.05, 4.69) is 6.26 Å². The Bertz CT molecular complexity index is 501. The number of benzene rings is 1. The molecule has 1 aliphatic rings. The van der Waals surface area contributed by atoms with Crippen molar-refractivity contribution in [1.29, 1.82) is 0 Å². The van der Waals surface area contributed by atoms with E-state index in [1.165, 1.54) is 12.7 Å². The Morgan fingerprint density at radius 3 is 2.67 bits per heavy atom. The maximum atomic E-state index is 12.5. The number of rotatable bonds is 4. The van der Waals surface area contributed by atoms with Gasteiger partial charge in [0, 0.05) is 24.4 Å². The molecule has 0 aromatic heterocycles. The largest absolute Gasteiger partial charge is 0.469 e. The van der Waals surface area contributed by atoms with E-state index in [0.29, 0.717) is 18.7 Å². The summed E-state index contributed by atoms with van der Waals surface area (Å²) < 4.78 is 4.79. The third kappa shape index (κ3) is 4.00. The Kier molecular flexibility index (Phi) is 5.67. The molecule has 21 heavy (non-hydrogen) atoms. The quantitative estimate of drug-likeness (QED) is 0.802. The molecule has 0 N–H and O–H groups in total. The smallest absolute Gasteiger partial charge is 0.310 e. The molecule has 1 heterocycles. The molecule has 0 spiro atoms. The van der Waals surface area contributed by atoms with Gasteiger partial charge in [-0.2, -0.15) is 11.8 Å². The fraction of sp³-hybridized carbons (Fsp3) is 0.500. The minimum absolute atomic E-state index is 0.000644. The van der Waals surface area contributed by atoms with Crippen molar-refractivity contribution in [2.24, 2.45) is 5.92 Å². The first-order chi connectivity index (χ1) is 10.2. The molecule has 1 atom stereocenters. The molecule has 2 rings (SSSR count). The van der Waals surface area contributed by atoms with Gasteiger partial charge in [-0.1, -0.05) is 12.1 Å². The van der Waals surface area contributed by atoms with Crippen LogP contribution in [0.25, 0.3) is 0 Å². The molecular weight excluding hydrogens is 286 g/mol. The van der Waals surface area contributed by atoms with Crippen molar-refractivity contribution < 1.29 is 14.3 Å². The lowest BCUT2D eigenvalue weighted by Gasteiger charge is -2.31. The molecule has 0 bridgehead atoms. The highest BCUT2D eigenvalue weighted by atomic mass is 32.2. The maximum Gasteiger partial charge on any atom is 0.310 e. The second-order valence-electron chi connectivity index (χ2n) is 5.24. The van der Waals surface area contributed by atoms with Gasteiger partial charge in [0.2, 0.25) is 0 Å². The van der Waals surface area contributed by atoms with Gasteiger partial charge in [-0.3, -0.25) is 9.59 Å². The molecule has 0 aliphatic carbocycles. The lowest BCUT2D eigenvalue weighted by atomic mass is 9.97. The predicted octanol–water partition coefficient (Wildman–Crippen LogP) is 2.57. The van der Waals surface area contributed by atoms with Crippen LogP contribution in [0.5, 0.6) is 0 Å². The molecular formula is C16H21NO3S. The second-order valence-corrected chi connectivity index (χ2v) is 6.11. The highest BCUT2D eigenvalue weighted by molar-refractivity contribution is 7.97. The zero-order valence-corrected chi connectivity index (χ0v) is 13.3. The van der Waals surface area contributed by atoms with Crippen molar-refractivity contribution in [3.05, 3.63) is 35.4 Å². The van der Waals surface area contributed by atoms with Gasteiger partial charge in [0.1, 0.15) is 0 Å². The lowest BCUT2D eigenvalue weighted by molar-refractivity contribution is -0.146. The van der Waals surface area contributed by atoms with Crippen molar-refractivity contribution in [2.75, 3.05) is 26.5 Å². The van der Waals surface area contributed by atoms with Crippen LogP contribution in [0.3, 0.4) is 0 Å². The minimum atomic E-state index is -0.220. The molecule has 1 aromatic rings. The summed E-state index contributed by atoms with van der Waals surface area (Å²) in [6.45, 7) is 1.16. The Morgan fingerprint density at radius 2 is 2.05 bits per heavy atom. The zero-order valence-electron chi connectivity index (χ0n) is 12.5. The lowest BCUT2D eigenvalue weighted by Crippen LogP contribution is -2.42. The summed E-state index contributed by atoms with van der Waals surface area (Å²) in [6, 6.07) is 7.72. The van der Waals surface area contributed by atoms with Gasteiger partial charge in [0.15, 0.2) is 0 Å². The first-order valence-corrected chi connectivity index (χ1v) is 8.50. The number of likely N-dealkylation sites (tertiary alicyclic amines) is 1. The molecule has 0 saturated carbocycles. The molecule has 0 unspecified atom stereocenters. The zero-order chi connectivity index (χ0) is 15.2. The van der Waals surface area contributed by atoms with Gasteiger partial charge in [-0.15, -0.1) is 0 Å². The first-order valence-electron chi connectivity index (χ1n) is 7.10. The van der Waals surface area contributed by atoms with E-state index in [1.807, 2.05) is 24.3 Å². The number of thioether (sulfide) groups is 1. The molecule has 1 aliphatic heterocycles. The van der Waals surface area contributed by atoms with Gasteiger partial charge in [0.25, 0.3) is 5.91 Å². The highest BCUT2D eigenvalue weighted by Crippen LogP contribution is 2.20. The van der Waals surface area contributed by atoms with Gasteiger partial charge in [-0.25, -0.2) is 0 Å². The first kappa shape index (κ1) is 15.9. The van der Waals surface area contributed by atoms with Crippen LogP contribution in [0.15, 0.2) is 24.3 Å². The highest BCUT2D eigenvalue weighted by Gasteiger charge is 2.29. The van der Waals surface area contributed by atoms with Crippen LogP contribution in [0.2, 0.25) is 0 Å². The monoisotopic (exact) mass is 307 g/mol. The second kappa shape index (κ2) is 7.50. The van der Waals surface area contributed by atoms with Crippen molar-refractivity contribution in [1.82, 2.24) is 4.90 Å². The number of amides is 1. The van der Waals surface area contributed by atoms with Gasteiger partial charge in [0.05, 0.1) is 13.0 Å². The Labute approximate surface area is 129 Å². The summed E-state index contributed by atoms with van der Waals surface area (Å²) >= 11 is 1.76. The van der Waals surface area contributed by atoms with Crippen molar-refractivity contribution in [3.8, 4) is 0 Å². The number of carbonyl (C=O) groups excluding carboxylic acids is 2. The van der Waals surface area contributed by atoms with E-state index >= 15 is 0 Å². The molecule has 1 saturated heterocycles. The summed E-state index contributed by atoms with van der Waals surface area (Å²) in [4.78, 5) is 25.9. The average Bonchev–Trinajstić information content (AvgIpc) is 2.54. The van der Waals surface area contributed by atoms with Crippen LogP contribution in [0, 0.1) is 5.92 Å². The van der Waals surface area contributed by atoms with Gasteiger partial charge < -0.3 is 9.64 Å². The molecule has 1 fully saturated rings.